The van der Waals surface area contributed by atoms with Gasteiger partial charge in [0, 0.05) is 26.4 Å². The number of amides is 4. The fraction of sp³-hybridized carbons (Fsp3) is 0.476. The lowest BCUT2D eigenvalue weighted by Crippen LogP contribution is -2.56. The van der Waals surface area contributed by atoms with Crippen LogP contribution in [0.4, 0.5) is 0 Å². The number of nitrogens with zero attached hydrogens (tertiary/aromatic N) is 1. The Hall–Kier alpha value is -3.87. The van der Waals surface area contributed by atoms with E-state index in [1.807, 2.05) is 0 Å². The summed E-state index contributed by atoms with van der Waals surface area (Å²) in [7, 11) is 1.40. The normalized spacial score (nSPS) is 13.2. The monoisotopic (exact) mass is 478 g/mol. The van der Waals surface area contributed by atoms with E-state index in [-0.39, 0.29) is 43.9 Å². The van der Waals surface area contributed by atoms with Crippen LogP contribution in [0.1, 0.15) is 31.2 Å². The molecule has 0 aliphatic carbocycles. The Morgan fingerprint density at radius 3 is 2.24 bits per heavy atom. The van der Waals surface area contributed by atoms with Crippen LogP contribution in [0.3, 0.4) is 0 Å². The molecule has 0 fully saturated rings. The SMILES string of the molecule is CN(C(=O)[C@@H](N)CCC(N)=O)[C@@H](CCCNC(=N)N)C(=O)N[C@@H](Cc1ccc(O)cc1)C(N)=O. The van der Waals surface area contributed by atoms with Gasteiger partial charge in [-0.3, -0.25) is 24.6 Å². The second kappa shape index (κ2) is 13.6. The van der Waals surface area contributed by atoms with Gasteiger partial charge in [-0.2, -0.15) is 0 Å². The number of guanidine groups is 1. The Morgan fingerprint density at radius 1 is 1.09 bits per heavy atom. The van der Waals surface area contributed by atoms with Gasteiger partial charge in [0.2, 0.25) is 23.6 Å². The molecule has 13 nitrogen and oxygen atoms in total. The van der Waals surface area contributed by atoms with E-state index in [2.05, 4.69) is 10.6 Å². The summed E-state index contributed by atoms with van der Waals surface area (Å²) >= 11 is 0. The maximum Gasteiger partial charge on any atom is 0.243 e. The van der Waals surface area contributed by atoms with Crippen LogP contribution in [0, 0.1) is 5.41 Å². The van der Waals surface area contributed by atoms with Gasteiger partial charge >= 0.3 is 0 Å². The Morgan fingerprint density at radius 2 is 1.71 bits per heavy atom. The quantitative estimate of drug-likeness (QED) is 0.0810. The smallest absolute Gasteiger partial charge is 0.243 e. The molecule has 0 heterocycles. The van der Waals surface area contributed by atoms with E-state index >= 15 is 0 Å². The molecule has 1 aromatic carbocycles. The summed E-state index contributed by atoms with van der Waals surface area (Å²) in [5.41, 5.74) is 22.4. The molecule has 0 aliphatic rings. The number of nitrogens with one attached hydrogen (secondary N) is 3. The van der Waals surface area contributed by atoms with Gasteiger partial charge in [0.15, 0.2) is 5.96 Å². The van der Waals surface area contributed by atoms with Crippen molar-refractivity contribution >= 4 is 29.6 Å². The number of carbonyl (C=O) groups excluding carboxylic acids is 4. The first kappa shape index (κ1) is 28.2. The first-order valence-corrected chi connectivity index (χ1v) is 10.7. The van der Waals surface area contributed by atoms with Crippen molar-refractivity contribution in [3.05, 3.63) is 29.8 Å². The molecule has 1 aromatic rings. The van der Waals surface area contributed by atoms with Crippen molar-refractivity contribution in [1.29, 1.82) is 5.41 Å². The minimum atomic E-state index is -1.07. The molecule has 0 spiro atoms. The van der Waals surface area contributed by atoms with Gasteiger partial charge in [-0.15, -0.1) is 0 Å². The van der Waals surface area contributed by atoms with Crippen LogP contribution in [0.25, 0.3) is 0 Å². The molecule has 0 radical (unpaired) electrons. The van der Waals surface area contributed by atoms with Crippen molar-refractivity contribution < 1.29 is 24.3 Å². The standard InChI is InChI=1S/C21H34N8O5/c1-29(20(34)14(22)8-9-17(23)31)16(3-2-10-27-21(25)26)19(33)28-15(18(24)32)11-12-4-6-13(30)7-5-12/h4-7,14-16,30H,2-3,8-11,22H2,1H3,(H2,23,31)(H2,24,32)(H,28,33)(H4,25,26,27)/t14-,15-,16-/m0/s1. The molecule has 3 atom stereocenters. The fourth-order valence-corrected chi connectivity index (χ4v) is 3.21. The third-order valence-corrected chi connectivity index (χ3v) is 5.14. The molecule has 0 saturated carbocycles. The maximum atomic E-state index is 13.1. The Balaban J connectivity index is 2.97. The van der Waals surface area contributed by atoms with Crippen molar-refractivity contribution in [3.8, 4) is 5.75 Å². The van der Waals surface area contributed by atoms with E-state index in [1.54, 1.807) is 12.1 Å². The van der Waals surface area contributed by atoms with Crippen molar-refractivity contribution in [1.82, 2.24) is 15.5 Å². The maximum absolute atomic E-state index is 13.1. The van der Waals surface area contributed by atoms with Gasteiger partial charge < -0.3 is 43.6 Å². The number of likely N-dealkylation sites (N-methyl/N-ethyl adjacent to an activating group) is 1. The number of rotatable bonds is 14. The van der Waals surface area contributed by atoms with E-state index in [4.69, 9.17) is 28.3 Å². The number of carbonyl (C=O) groups is 4. The third kappa shape index (κ3) is 9.73. The predicted molar refractivity (Wildman–Crippen MR) is 125 cm³/mol. The fourth-order valence-electron chi connectivity index (χ4n) is 3.21. The predicted octanol–water partition coefficient (Wildman–Crippen LogP) is -2.41. The molecule has 1 rings (SSSR count). The highest BCUT2D eigenvalue weighted by molar-refractivity contribution is 5.92. The highest BCUT2D eigenvalue weighted by Crippen LogP contribution is 2.13. The van der Waals surface area contributed by atoms with E-state index in [0.717, 1.165) is 4.90 Å². The molecular formula is C21H34N8O5. The van der Waals surface area contributed by atoms with E-state index in [0.29, 0.717) is 12.0 Å². The average Bonchev–Trinajstić information content (AvgIpc) is 2.77. The number of hydrogen-bond donors (Lipinski definition) is 8. The Bertz CT molecular complexity index is 876. The van der Waals surface area contributed by atoms with Crippen LogP contribution in [-0.4, -0.2) is 71.3 Å². The number of benzene rings is 1. The van der Waals surface area contributed by atoms with Crippen LogP contribution in [0.15, 0.2) is 24.3 Å². The summed E-state index contributed by atoms with van der Waals surface area (Å²) in [5.74, 6) is -2.75. The summed E-state index contributed by atoms with van der Waals surface area (Å²) in [6, 6.07) is 2.95. The highest BCUT2D eigenvalue weighted by atomic mass is 16.3. The number of nitrogens with two attached hydrogens (primary N) is 4. The van der Waals surface area contributed by atoms with Gasteiger partial charge in [-0.05, 0) is 37.0 Å². The van der Waals surface area contributed by atoms with Crippen LogP contribution < -0.4 is 33.6 Å². The van der Waals surface area contributed by atoms with E-state index in [1.165, 1.54) is 19.2 Å². The molecule has 0 unspecified atom stereocenters. The minimum absolute atomic E-state index is 0.0174. The molecule has 4 amide bonds. The number of aromatic hydroxyl groups is 1. The summed E-state index contributed by atoms with van der Waals surface area (Å²) in [5, 5.41) is 21.8. The molecule has 13 heteroatoms. The largest absolute Gasteiger partial charge is 0.508 e. The molecule has 0 bridgehead atoms. The van der Waals surface area contributed by atoms with Gasteiger partial charge in [0.1, 0.15) is 17.8 Å². The number of primary amides is 2. The second-order valence-corrected chi connectivity index (χ2v) is 7.89. The van der Waals surface area contributed by atoms with Crippen molar-refractivity contribution in [2.45, 2.75) is 50.2 Å². The van der Waals surface area contributed by atoms with Crippen molar-refractivity contribution in [2.75, 3.05) is 13.6 Å². The molecule has 34 heavy (non-hydrogen) atoms. The summed E-state index contributed by atoms with van der Waals surface area (Å²) in [6.45, 7) is 0.279. The third-order valence-electron chi connectivity index (χ3n) is 5.14. The summed E-state index contributed by atoms with van der Waals surface area (Å²) < 4.78 is 0. The average molecular weight is 479 g/mol. The van der Waals surface area contributed by atoms with Crippen molar-refractivity contribution in [3.63, 3.8) is 0 Å². The van der Waals surface area contributed by atoms with E-state index < -0.39 is 41.8 Å². The molecule has 0 aromatic heterocycles. The Labute approximate surface area is 197 Å². The number of phenolic OH excluding ortho intramolecular Hbond substituents is 1. The van der Waals surface area contributed by atoms with Gasteiger partial charge in [-0.25, -0.2) is 0 Å². The zero-order valence-corrected chi connectivity index (χ0v) is 19.1. The number of phenols is 1. The minimum Gasteiger partial charge on any atom is -0.508 e. The van der Waals surface area contributed by atoms with Gasteiger partial charge in [-0.1, -0.05) is 12.1 Å². The first-order chi connectivity index (χ1) is 15.9. The first-order valence-electron chi connectivity index (χ1n) is 10.7. The molecule has 188 valence electrons. The van der Waals surface area contributed by atoms with Crippen LogP contribution >= 0.6 is 0 Å². The molecule has 0 aliphatic heterocycles. The lowest BCUT2D eigenvalue weighted by molar-refractivity contribution is -0.141. The zero-order valence-electron chi connectivity index (χ0n) is 19.1. The second-order valence-electron chi connectivity index (χ2n) is 7.89. The molecule has 12 N–H and O–H groups in total. The van der Waals surface area contributed by atoms with Crippen LogP contribution in [0.5, 0.6) is 5.75 Å². The zero-order chi connectivity index (χ0) is 25.8. The van der Waals surface area contributed by atoms with Crippen LogP contribution in [0.2, 0.25) is 0 Å². The highest BCUT2D eigenvalue weighted by Gasteiger charge is 2.31. The van der Waals surface area contributed by atoms with Gasteiger partial charge in [0.05, 0.1) is 6.04 Å². The summed E-state index contributed by atoms with van der Waals surface area (Å²) in [6.07, 6.45) is 0.544. The Kier molecular flexibility index (Phi) is 11.3. The van der Waals surface area contributed by atoms with Gasteiger partial charge in [0.25, 0.3) is 0 Å². The topological polar surface area (TPSA) is 244 Å². The van der Waals surface area contributed by atoms with Crippen LogP contribution in [-0.2, 0) is 25.6 Å². The molecular weight excluding hydrogens is 444 g/mol. The summed E-state index contributed by atoms with van der Waals surface area (Å²) in [4.78, 5) is 50.0. The lowest BCUT2D eigenvalue weighted by Gasteiger charge is -2.30. The lowest BCUT2D eigenvalue weighted by atomic mass is 10.0. The van der Waals surface area contributed by atoms with Crippen molar-refractivity contribution in [2.24, 2.45) is 22.9 Å². The molecule has 0 saturated heterocycles. The number of hydrogen-bond acceptors (Lipinski definition) is 7. The van der Waals surface area contributed by atoms with E-state index in [9.17, 15) is 24.3 Å².